The van der Waals surface area contributed by atoms with E-state index in [1.54, 1.807) is 6.92 Å². The van der Waals surface area contributed by atoms with Crippen molar-refractivity contribution in [3.63, 3.8) is 0 Å². The number of rotatable bonds is 3. The van der Waals surface area contributed by atoms with Gasteiger partial charge >= 0.3 is 5.97 Å². The topological polar surface area (TPSA) is 83.6 Å². The van der Waals surface area contributed by atoms with Crippen LogP contribution >= 0.6 is 0 Å². The average Bonchev–Trinajstić information content (AvgIpc) is 2.84. The van der Waals surface area contributed by atoms with E-state index >= 15 is 0 Å². The minimum atomic E-state index is -1.12. The van der Waals surface area contributed by atoms with Crippen LogP contribution in [-0.2, 0) is 4.79 Å². The Hall–Kier alpha value is -1.85. The van der Waals surface area contributed by atoms with Gasteiger partial charge in [0.25, 0.3) is 5.91 Å². The maximum atomic E-state index is 12.4. The Morgan fingerprint density at radius 2 is 2.00 bits per heavy atom. The number of aromatic nitrogens is 1. The molecule has 2 rings (SSSR count). The molecule has 0 unspecified atom stereocenters. The Balaban J connectivity index is 2.30. The lowest BCUT2D eigenvalue weighted by molar-refractivity contribution is -0.151. The summed E-state index contributed by atoms with van der Waals surface area (Å²) in [7, 11) is 1.53. The van der Waals surface area contributed by atoms with Crippen LogP contribution in [-0.4, -0.2) is 39.5 Å². The first-order chi connectivity index (χ1) is 8.99. The maximum absolute atomic E-state index is 12.4. The molecule has 0 aromatic carbocycles. The first kappa shape index (κ1) is 13.6. The zero-order chi connectivity index (χ0) is 14.0. The summed E-state index contributed by atoms with van der Waals surface area (Å²) in [5.41, 5.74) is -0.637. The molecule has 0 spiro atoms. The predicted octanol–water partition coefficient (Wildman–Crippen LogP) is 1.84. The van der Waals surface area contributed by atoms with Crippen molar-refractivity contribution in [2.75, 3.05) is 7.05 Å². The summed E-state index contributed by atoms with van der Waals surface area (Å²) in [6.45, 7) is 1.67. The molecule has 6 heteroatoms. The molecule has 0 bridgehead atoms. The van der Waals surface area contributed by atoms with Gasteiger partial charge in [0.05, 0.1) is 5.69 Å². The summed E-state index contributed by atoms with van der Waals surface area (Å²) in [6.07, 6.45) is 4.82. The van der Waals surface area contributed by atoms with Crippen LogP contribution in [0, 0.1) is 6.92 Å². The third-order valence-corrected chi connectivity index (χ3v) is 3.97. The van der Waals surface area contributed by atoms with Crippen molar-refractivity contribution in [1.82, 2.24) is 9.88 Å². The highest BCUT2D eigenvalue weighted by atomic mass is 16.4. The number of amides is 1. The zero-order valence-electron chi connectivity index (χ0n) is 11.2. The monoisotopic (exact) mass is 266 g/mol. The second-order valence-electron chi connectivity index (χ2n) is 5.03. The minimum absolute atomic E-state index is 0.119. The molecule has 1 aromatic heterocycles. The highest BCUT2D eigenvalue weighted by molar-refractivity contribution is 5.96. The lowest BCUT2D eigenvalue weighted by Gasteiger charge is -2.40. The van der Waals surface area contributed by atoms with Gasteiger partial charge < -0.3 is 14.4 Å². The van der Waals surface area contributed by atoms with Gasteiger partial charge in [-0.15, -0.1) is 0 Å². The Labute approximate surface area is 111 Å². The molecular formula is C13H18N2O4. The van der Waals surface area contributed by atoms with E-state index in [-0.39, 0.29) is 5.76 Å². The first-order valence-corrected chi connectivity index (χ1v) is 6.41. The molecule has 0 atom stereocenters. The Kier molecular flexibility index (Phi) is 3.59. The molecule has 6 nitrogen and oxygen atoms in total. The Morgan fingerprint density at radius 3 is 2.47 bits per heavy atom. The fourth-order valence-corrected chi connectivity index (χ4v) is 2.68. The third-order valence-electron chi connectivity index (χ3n) is 3.97. The predicted molar refractivity (Wildman–Crippen MR) is 66.8 cm³/mol. The van der Waals surface area contributed by atoms with E-state index < -0.39 is 17.4 Å². The summed E-state index contributed by atoms with van der Waals surface area (Å²) in [6, 6.07) is 0. The van der Waals surface area contributed by atoms with Crippen molar-refractivity contribution >= 4 is 11.9 Å². The van der Waals surface area contributed by atoms with Crippen molar-refractivity contribution < 1.29 is 19.1 Å². The molecule has 1 N–H and O–H groups in total. The lowest BCUT2D eigenvalue weighted by atomic mass is 9.80. The number of aryl methyl sites for hydroxylation is 1. The van der Waals surface area contributed by atoms with Crippen molar-refractivity contribution in [3.8, 4) is 0 Å². The summed E-state index contributed by atoms with van der Waals surface area (Å²) in [4.78, 5) is 29.2. The average molecular weight is 266 g/mol. The molecule has 1 fully saturated rings. The highest BCUT2D eigenvalue weighted by Gasteiger charge is 2.46. The van der Waals surface area contributed by atoms with E-state index in [0.717, 1.165) is 19.3 Å². The van der Waals surface area contributed by atoms with E-state index in [1.165, 1.54) is 18.3 Å². The molecule has 1 aliphatic carbocycles. The van der Waals surface area contributed by atoms with Crippen molar-refractivity contribution in [3.05, 3.63) is 17.8 Å². The third kappa shape index (κ3) is 2.22. The zero-order valence-corrected chi connectivity index (χ0v) is 11.2. The van der Waals surface area contributed by atoms with Crippen LogP contribution < -0.4 is 0 Å². The number of aliphatic carboxylic acids is 1. The number of likely N-dealkylation sites (N-methyl/N-ethyl adjacent to an activating group) is 1. The Morgan fingerprint density at radius 1 is 1.37 bits per heavy atom. The van der Waals surface area contributed by atoms with Gasteiger partial charge in [-0.05, 0) is 19.8 Å². The second-order valence-corrected chi connectivity index (χ2v) is 5.03. The molecule has 0 aliphatic heterocycles. The molecule has 1 heterocycles. The van der Waals surface area contributed by atoms with Crippen molar-refractivity contribution in [2.24, 2.45) is 0 Å². The standard InChI is InChI=1S/C13H18N2O4/c1-9-10(19-8-14-9)11(16)15(2)13(12(17)18)6-4-3-5-7-13/h8H,3-7H2,1-2H3,(H,17,18). The van der Waals surface area contributed by atoms with Crippen LogP contribution in [0.1, 0.15) is 48.4 Å². The molecule has 1 saturated carbocycles. The van der Waals surface area contributed by atoms with Crippen molar-refractivity contribution in [1.29, 1.82) is 0 Å². The molecule has 0 radical (unpaired) electrons. The largest absolute Gasteiger partial charge is 0.479 e. The fourth-order valence-electron chi connectivity index (χ4n) is 2.68. The number of nitrogens with zero attached hydrogens (tertiary/aromatic N) is 2. The number of carboxylic acids is 1. The summed E-state index contributed by atoms with van der Waals surface area (Å²) >= 11 is 0. The molecule has 1 amide bonds. The Bertz CT molecular complexity index is 489. The summed E-state index contributed by atoms with van der Waals surface area (Å²) in [5.74, 6) is -1.24. The fraction of sp³-hybridized carbons (Fsp3) is 0.615. The molecule has 104 valence electrons. The van der Waals surface area contributed by atoms with Gasteiger partial charge in [0, 0.05) is 7.05 Å². The molecule has 0 saturated heterocycles. The molecule has 1 aliphatic rings. The van der Waals surface area contributed by atoms with E-state index in [1.807, 2.05) is 0 Å². The van der Waals surface area contributed by atoms with Crippen LogP contribution in [0.3, 0.4) is 0 Å². The second kappa shape index (κ2) is 5.03. The van der Waals surface area contributed by atoms with Crippen LogP contribution in [0.2, 0.25) is 0 Å². The minimum Gasteiger partial charge on any atom is -0.479 e. The van der Waals surface area contributed by atoms with Gasteiger partial charge in [0.1, 0.15) is 5.54 Å². The SMILES string of the molecule is Cc1ncoc1C(=O)N(C)C1(C(=O)O)CCCCC1. The first-order valence-electron chi connectivity index (χ1n) is 6.41. The number of hydrogen-bond acceptors (Lipinski definition) is 4. The molecule has 19 heavy (non-hydrogen) atoms. The van der Waals surface area contributed by atoms with Crippen LogP contribution in [0.25, 0.3) is 0 Å². The van der Waals surface area contributed by atoms with E-state index in [9.17, 15) is 14.7 Å². The normalized spacial score (nSPS) is 18.0. The molecule has 1 aromatic rings. The van der Waals surface area contributed by atoms with Gasteiger partial charge in [-0.2, -0.15) is 0 Å². The number of carbonyl (C=O) groups excluding carboxylic acids is 1. The summed E-state index contributed by atoms with van der Waals surface area (Å²) < 4.78 is 5.07. The summed E-state index contributed by atoms with van der Waals surface area (Å²) in [5, 5.41) is 9.53. The van der Waals surface area contributed by atoms with Crippen LogP contribution in [0.5, 0.6) is 0 Å². The van der Waals surface area contributed by atoms with Crippen LogP contribution in [0.4, 0.5) is 0 Å². The van der Waals surface area contributed by atoms with Crippen molar-refractivity contribution in [2.45, 2.75) is 44.6 Å². The number of hydrogen-bond donors (Lipinski definition) is 1. The number of oxazole rings is 1. The van der Waals surface area contributed by atoms with Gasteiger partial charge in [-0.1, -0.05) is 19.3 Å². The lowest BCUT2D eigenvalue weighted by Crippen LogP contribution is -2.56. The maximum Gasteiger partial charge on any atom is 0.329 e. The number of carboxylic acid groups (broad SMARTS) is 1. The van der Waals surface area contributed by atoms with Gasteiger partial charge in [-0.25, -0.2) is 9.78 Å². The van der Waals surface area contributed by atoms with Gasteiger partial charge in [0.2, 0.25) is 5.76 Å². The smallest absolute Gasteiger partial charge is 0.329 e. The van der Waals surface area contributed by atoms with E-state index in [2.05, 4.69) is 4.98 Å². The van der Waals surface area contributed by atoms with Gasteiger partial charge in [0.15, 0.2) is 6.39 Å². The molecular weight excluding hydrogens is 248 g/mol. The van der Waals surface area contributed by atoms with E-state index in [4.69, 9.17) is 4.42 Å². The van der Waals surface area contributed by atoms with Gasteiger partial charge in [-0.3, -0.25) is 4.79 Å². The van der Waals surface area contributed by atoms with E-state index in [0.29, 0.717) is 18.5 Å². The highest BCUT2D eigenvalue weighted by Crippen LogP contribution is 2.34. The quantitative estimate of drug-likeness (QED) is 0.902. The number of carbonyl (C=O) groups is 2. The van der Waals surface area contributed by atoms with Crippen LogP contribution in [0.15, 0.2) is 10.8 Å².